The molecule has 0 aromatic heterocycles. The van der Waals surface area contributed by atoms with Crippen LogP contribution in [0.25, 0.3) is 0 Å². The minimum atomic E-state index is -0.131. The fourth-order valence-corrected chi connectivity index (χ4v) is 3.00. The zero-order valence-corrected chi connectivity index (χ0v) is 14.4. The summed E-state index contributed by atoms with van der Waals surface area (Å²) in [5, 5.41) is 12.3. The summed E-state index contributed by atoms with van der Waals surface area (Å²) < 4.78 is 5.94. The highest BCUT2D eigenvalue weighted by Gasteiger charge is 2.22. The smallest absolute Gasteiger partial charge is 0.255 e. The van der Waals surface area contributed by atoms with E-state index in [1.165, 1.54) is 6.42 Å². The largest absolute Gasteiger partial charge is 0.490 e. The van der Waals surface area contributed by atoms with Crippen LogP contribution in [0, 0.1) is 0 Å². The van der Waals surface area contributed by atoms with Crippen LogP contribution in [-0.4, -0.2) is 30.3 Å². The van der Waals surface area contributed by atoms with E-state index in [1.807, 2.05) is 48.5 Å². The lowest BCUT2D eigenvalue weighted by atomic mass is 9.95. The van der Waals surface area contributed by atoms with Crippen molar-refractivity contribution in [1.82, 2.24) is 5.32 Å². The van der Waals surface area contributed by atoms with E-state index in [4.69, 9.17) is 4.74 Å². The fourth-order valence-electron chi connectivity index (χ4n) is 3.00. The van der Waals surface area contributed by atoms with Crippen molar-refractivity contribution in [2.45, 2.75) is 37.7 Å². The minimum absolute atomic E-state index is 0.0925. The van der Waals surface area contributed by atoms with Gasteiger partial charge >= 0.3 is 0 Å². The first-order chi connectivity index (χ1) is 12.3. The Morgan fingerprint density at radius 3 is 2.52 bits per heavy atom. The molecule has 1 aliphatic rings. The summed E-state index contributed by atoms with van der Waals surface area (Å²) in [4.78, 5) is 12.6. The molecule has 3 rings (SSSR count). The summed E-state index contributed by atoms with van der Waals surface area (Å²) in [6, 6.07) is 17.4. The zero-order chi connectivity index (χ0) is 17.5. The van der Waals surface area contributed by atoms with Gasteiger partial charge in [-0.05, 0) is 43.4 Å². The van der Waals surface area contributed by atoms with E-state index in [0.717, 1.165) is 18.4 Å². The molecule has 1 unspecified atom stereocenters. The summed E-state index contributed by atoms with van der Waals surface area (Å²) in [5.41, 5.74) is 1.70. The van der Waals surface area contributed by atoms with Gasteiger partial charge < -0.3 is 15.2 Å². The zero-order valence-electron chi connectivity index (χ0n) is 14.4. The number of carbonyl (C=O) groups is 1. The van der Waals surface area contributed by atoms with Crippen molar-refractivity contribution < 1.29 is 14.6 Å². The van der Waals surface area contributed by atoms with Crippen LogP contribution in [0.15, 0.2) is 54.6 Å². The summed E-state index contributed by atoms with van der Waals surface area (Å²) in [5.74, 6) is 0.617. The number of hydrogen-bond acceptors (Lipinski definition) is 3. The predicted molar refractivity (Wildman–Crippen MR) is 97.9 cm³/mol. The lowest BCUT2D eigenvalue weighted by molar-refractivity contribution is 0.0924. The molecule has 1 saturated carbocycles. The van der Waals surface area contributed by atoms with E-state index in [0.29, 0.717) is 24.3 Å². The molecule has 132 valence electrons. The number of para-hydroxylation sites is 1. The van der Waals surface area contributed by atoms with Crippen LogP contribution in [0.2, 0.25) is 0 Å². The van der Waals surface area contributed by atoms with Crippen LogP contribution < -0.4 is 10.1 Å². The van der Waals surface area contributed by atoms with Gasteiger partial charge in [-0.2, -0.15) is 0 Å². The van der Waals surface area contributed by atoms with Crippen LogP contribution in [0.1, 0.15) is 47.5 Å². The molecule has 4 heteroatoms. The van der Waals surface area contributed by atoms with Crippen LogP contribution in [-0.2, 0) is 0 Å². The third-order valence-electron chi connectivity index (χ3n) is 4.74. The van der Waals surface area contributed by atoms with Crippen LogP contribution >= 0.6 is 0 Å². The first-order valence-electron chi connectivity index (χ1n) is 8.97. The van der Waals surface area contributed by atoms with Gasteiger partial charge in [0.2, 0.25) is 0 Å². The van der Waals surface area contributed by atoms with Crippen molar-refractivity contribution >= 4 is 5.91 Å². The predicted octanol–water partition coefficient (Wildman–Crippen LogP) is 3.51. The first kappa shape index (κ1) is 17.5. The molecule has 2 aromatic carbocycles. The normalized spacial score (nSPS) is 15.2. The maximum Gasteiger partial charge on any atom is 0.255 e. The Morgan fingerprint density at radius 1 is 1.12 bits per heavy atom. The van der Waals surface area contributed by atoms with Crippen molar-refractivity contribution in [3.05, 3.63) is 65.7 Å². The minimum Gasteiger partial charge on any atom is -0.490 e. The maximum atomic E-state index is 12.6. The summed E-state index contributed by atoms with van der Waals surface area (Å²) >= 11 is 0. The number of carbonyl (C=O) groups excluding carboxylic acids is 1. The van der Waals surface area contributed by atoms with E-state index in [2.05, 4.69) is 5.32 Å². The molecule has 4 nitrogen and oxygen atoms in total. The summed E-state index contributed by atoms with van der Waals surface area (Å²) in [6.45, 7) is 0.581. The van der Waals surface area contributed by atoms with Gasteiger partial charge in [0.15, 0.2) is 0 Å². The molecule has 0 heterocycles. The van der Waals surface area contributed by atoms with Crippen molar-refractivity contribution in [1.29, 1.82) is 0 Å². The van der Waals surface area contributed by atoms with Crippen molar-refractivity contribution in [3.63, 3.8) is 0 Å². The van der Waals surface area contributed by atoms with E-state index in [9.17, 15) is 9.90 Å². The number of hydrogen-bond donors (Lipinski definition) is 2. The van der Waals surface area contributed by atoms with Crippen LogP contribution in [0.3, 0.4) is 0 Å². The highest BCUT2D eigenvalue weighted by molar-refractivity contribution is 5.96. The molecule has 1 fully saturated rings. The second-order valence-electron chi connectivity index (χ2n) is 6.50. The Morgan fingerprint density at radius 2 is 1.84 bits per heavy atom. The number of rotatable bonds is 8. The van der Waals surface area contributed by atoms with E-state index >= 15 is 0 Å². The Kier molecular flexibility index (Phi) is 6.07. The molecule has 25 heavy (non-hydrogen) atoms. The van der Waals surface area contributed by atoms with Gasteiger partial charge in [0.1, 0.15) is 5.75 Å². The van der Waals surface area contributed by atoms with Gasteiger partial charge in [0, 0.05) is 19.1 Å². The molecule has 1 amide bonds. The number of nitrogens with one attached hydrogen (secondary N) is 1. The highest BCUT2D eigenvalue weighted by atomic mass is 16.5. The van der Waals surface area contributed by atoms with Crippen molar-refractivity contribution in [2.24, 2.45) is 0 Å². The van der Waals surface area contributed by atoms with E-state index < -0.39 is 0 Å². The number of aliphatic hydroxyl groups is 1. The average Bonchev–Trinajstić information content (AvgIpc) is 2.62. The maximum absolute atomic E-state index is 12.6. The van der Waals surface area contributed by atoms with Gasteiger partial charge in [-0.25, -0.2) is 0 Å². The number of ether oxygens (including phenoxy) is 1. The van der Waals surface area contributed by atoms with Crippen molar-refractivity contribution in [3.8, 4) is 5.75 Å². The molecule has 0 radical (unpaired) electrons. The lowest BCUT2D eigenvalue weighted by Gasteiger charge is -2.27. The summed E-state index contributed by atoms with van der Waals surface area (Å²) in [7, 11) is 0. The highest BCUT2D eigenvalue weighted by Crippen LogP contribution is 2.27. The Hall–Kier alpha value is -2.33. The van der Waals surface area contributed by atoms with Gasteiger partial charge in [0.25, 0.3) is 5.91 Å². The Bertz CT molecular complexity index is 683. The molecule has 0 bridgehead atoms. The lowest BCUT2D eigenvalue weighted by Crippen LogP contribution is -2.30. The van der Waals surface area contributed by atoms with Gasteiger partial charge in [0.05, 0.1) is 11.7 Å². The molecular weight excluding hydrogens is 314 g/mol. The molecule has 1 atom stereocenters. The first-order valence-corrected chi connectivity index (χ1v) is 8.97. The van der Waals surface area contributed by atoms with E-state index in [1.54, 1.807) is 6.07 Å². The third-order valence-corrected chi connectivity index (χ3v) is 4.74. The monoisotopic (exact) mass is 339 g/mol. The topological polar surface area (TPSA) is 58.6 Å². The second-order valence-corrected chi connectivity index (χ2v) is 6.50. The average molecular weight is 339 g/mol. The second kappa shape index (κ2) is 8.67. The molecule has 0 saturated heterocycles. The fraction of sp³-hybridized carbons (Fsp3) is 0.381. The number of aliphatic hydroxyl groups excluding tert-OH is 1. The SMILES string of the molecule is O=C(NCC(CCO)c1ccccc1)c1ccccc1OC1CCC1. The third kappa shape index (κ3) is 4.60. The van der Waals surface area contributed by atoms with Crippen LogP contribution in [0.5, 0.6) is 5.75 Å². The quantitative estimate of drug-likeness (QED) is 0.774. The van der Waals surface area contributed by atoms with E-state index in [-0.39, 0.29) is 24.5 Å². The van der Waals surface area contributed by atoms with Crippen LogP contribution in [0.4, 0.5) is 0 Å². The summed E-state index contributed by atoms with van der Waals surface area (Å²) in [6.07, 6.45) is 4.16. The molecular formula is C21H25NO3. The van der Waals surface area contributed by atoms with Crippen molar-refractivity contribution in [2.75, 3.05) is 13.2 Å². The Labute approximate surface area is 148 Å². The number of benzene rings is 2. The molecule has 2 N–H and O–H groups in total. The molecule has 0 aliphatic heterocycles. The molecule has 2 aromatic rings. The molecule has 0 spiro atoms. The van der Waals surface area contributed by atoms with Gasteiger partial charge in [-0.3, -0.25) is 4.79 Å². The Balaban J connectivity index is 1.65. The molecule has 1 aliphatic carbocycles. The van der Waals surface area contributed by atoms with Gasteiger partial charge in [-0.1, -0.05) is 42.5 Å². The number of amides is 1. The van der Waals surface area contributed by atoms with Gasteiger partial charge in [-0.15, -0.1) is 0 Å². The standard InChI is InChI=1S/C21H25NO3/c23-14-13-17(16-7-2-1-3-8-16)15-22-21(24)19-11-4-5-12-20(19)25-18-9-6-10-18/h1-5,7-8,11-12,17-18,23H,6,9-10,13-15H2,(H,22,24).